The fourth-order valence-corrected chi connectivity index (χ4v) is 6.90. The highest BCUT2D eigenvalue weighted by atomic mass is 35.5. The SMILES string of the molecule is N#CC1=C(N)N(c2nnc(SCC(=O)Nc3ccccc3F)s2)C2=C(C(=O)CCC2)C1c1c(Cl)cccc1Cl. The number of hydrogen-bond donors (Lipinski definition) is 2. The molecule has 39 heavy (non-hydrogen) atoms. The topological polar surface area (TPSA) is 125 Å². The van der Waals surface area contributed by atoms with Gasteiger partial charge in [0.2, 0.25) is 11.0 Å². The second-order valence-corrected chi connectivity index (χ2v) is 11.6. The first-order valence-corrected chi connectivity index (χ1v) is 14.3. The first-order valence-electron chi connectivity index (χ1n) is 11.7. The average Bonchev–Trinajstić information content (AvgIpc) is 3.37. The van der Waals surface area contributed by atoms with Crippen molar-refractivity contribution in [2.24, 2.45) is 5.73 Å². The molecular formula is C26H19Cl2FN6O2S2. The number of aromatic nitrogens is 2. The van der Waals surface area contributed by atoms with Crippen LogP contribution in [-0.2, 0) is 9.59 Å². The minimum atomic E-state index is -0.806. The molecule has 2 aliphatic rings. The first kappa shape index (κ1) is 27.1. The van der Waals surface area contributed by atoms with E-state index in [0.29, 0.717) is 55.6 Å². The monoisotopic (exact) mass is 600 g/mol. The Kier molecular flexibility index (Phi) is 7.91. The number of halogens is 3. The molecule has 0 fully saturated rings. The molecule has 2 heterocycles. The van der Waals surface area contributed by atoms with E-state index in [0.717, 1.165) is 23.1 Å². The van der Waals surface area contributed by atoms with Crippen LogP contribution < -0.4 is 16.0 Å². The molecule has 0 saturated heterocycles. The molecular weight excluding hydrogens is 582 g/mol. The second-order valence-electron chi connectivity index (χ2n) is 8.62. The Bertz CT molecular complexity index is 1580. The molecule has 1 aliphatic carbocycles. The van der Waals surface area contributed by atoms with Crippen molar-refractivity contribution in [2.45, 2.75) is 29.5 Å². The Labute approximate surface area is 241 Å². The Balaban J connectivity index is 1.46. The van der Waals surface area contributed by atoms with Gasteiger partial charge in [0.25, 0.3) is 0 Å². The highest BCUT2D eigenvalue weighted by molar-refractivity contribution is 8.01. The lowest BCUT2D eigenvalue weighted by Gasteiger charge is -2.38. The van der Waals surface area contributed by atoms with Crippen molar-refractivity contribution in [3.05, 3.63) is 86.6 Å². The third-order valence-corrected chi connectivity index (χ3v) is 8.96. The number of nitrogens with one attached hydrogen (secondary N) is 1. The number of para-hydroxylation sites is 1. The number of ketones is 1. The molecule has 3 aromatic rings. The summed E-state index contributed by atoms with van der Waals surface area (Å²) >= 11 is 15.3. The molecule has 198 valence electrons. The molecule has 8 nitrogen and oxygen atoms in total. The van der Waals surface area contributed by atoms with E-state index in [9.17, 15) is 19.2 Å². The normalized spacial score (nSPS) is 17.2. The van der Waals surface area contributed by atoms with E-state index >= 15 is 0 Å². The summed E-state index contributed by atoms with van der Waals surface area (Å²) in [5.41, 5.74) is 8.27. The number of anilines is 2. The summed E-state index contributed by atoms with van der Waals surface area (Å²) in [5, 5.41) is 22.1. The van der Waals surface area contributed by atoms with Crippen molar-refractivity contribution in [3.8, 4) is 6.07 Å². The molecule has 13 heteroatoms. The summed E-state index contributed by atoms with van der Waals surface area (Å²) in [6.07, 6.45) is 1.44. The summed E-state index contributed by atoms with van der Waals surface area (Å²) in [5.74, 6) is -1.79. The van der Waals surface area contributed by atoms with Crippen molar-refractivity contribution in [2.75, 3.05) is 16.0 Å². The van der Waals surface area contributed by atoms with Gasteiger partial charge in [0.1, 0.15) is 11.6 Å². The highest BCUT2D eigenvalue weighted by Crippen LogP contribution is 2.49. The van der Waals surface area contributed by atoms with E-state index in [-0.39, 0.29) is 28.6 Å². The number of nitriles is 1. The second kappa shape index (κ2) is 11.4. The van der Waals surface area contributed by atoms with Crippen LogP contribution in [0.25, 0.3) is 0 Å². The fraction of sp³-hybridized carbons (Fsp3) is 0.192. The number of benzene rings is 2. The van der Waals surface area contributed by atoms with Crippen LogP contribution in [0.5, 0.6) is 0 Å². The van der Waals surface area contributed by atoms with Crippen LogP contribution >= 0.6 is 46.3 Å². The number of rotatable bonds is 6. The van der Waals surface area contributed by atoms with Crippen molar-refractivity contribution >= 4 is 68.8 Å². The Hall–Kier alpha value is -3.43. The van der Waals surface area contributed by atoms with Gasteiger partial charge in [0.05, 0.1) is 29.0 Å². The summed E-state index contributed by atoms with van der Waals surface area (Å²) in [6.45, 7) is 0. The van der Waals surface area contributed by atoms with Crippen molar-refractivity contribution in [1.82, 2.24) is 10.2 Å². The van der Waals surface area contributed by atoms with E-state index in [4.69, 9.17) is 28.9 Å². The van der Waals surface area contributed by atoms with Crippen LogP contribution in [0.1, 0.15) is 30.7 Å². The number of carbonyl (C=O) groups is 2. The molecule has 3 N–H and O–H groups in total. The maximum atomic E-state index is 13.8. The first-order chi connectivity index (χ1) is 18.8. The molecule has 1 atom stereocenters. The quantitative estimate of drug-likeness (QED) is 0.329. The molecule has 0 bridgehead atoms. The van der Waals surface area contributed by atoms with Gasteiger partial charge in [0.15, 0.2) is 10.1 Å². The molecule has 0 spiro atoms. The molecule has 1 amide bonds. The predicted octanol–water partition coefficient (Wildman–Crippen LogP) is 6.02. The maximum absolute atomic E-state index is 13.8. The van der Waals surface area contributed by atoms with Crippen LogP contribution in [0.15, 0.2) is 69.5 Å². The Morgan fingerprint density at radius 2 is 1.95 bits per heavy atom. The zero-order valence-corrected chi connectivity index (χ0v) is 23.2. The molecule has 1 aliphatic heterocycles. The highest BCUT2D eigenvalue weighted by Gasteiger charge is 2.42. The standard InChI is InChI=1S/C26H19Cl2FN6O2S2/c27-14-5-3-6-15(28)22(14)21-13(11-30)24(31)35(18-9-4-10-19(36)23(18)21)25-33-34-26(39-25)38-12-20(37)32-17-8-2-1-7-16(17)29/h1-3,5-8,21H,4,9-10,12,31H2,(H,32,37). The number of nitrogens with zero attached hydrogens (tertiary/aromatic N) is 4. The van der Waals surface area contributed by atoms with Crippen LogP contribution in [0.3, 0.4) is 0 Å². The fourth-order valence-electron chi connectivity index (χ4n) is 4.61. The molecule has 0 saturated carbocycles. The number of Topliss-reactive ketones (excluding diaryl/α,β-unsaturated/α-hetero) is 1. The van der Waals surface area contributed by atoms with Gasteiger partial charge in [-0.1, -0.05) is 64.5 Å². The number of nitrogens with two attached hydrogens (primary N) is 1. The lowest BCUT2D eigenvalue weighted by atomic mass is 9.75. The van der Waals surface area contributed by atoms with Crippen molar-refractivity contribution in [3.63, 3.8) is 0 Å². The summed E-state index contributed by atoms with van der Waals surface area (Å²) in [4.78, 5) is 27.2. The minimum absolute atomic E-state index is 0.0305. The van der Waals surface area contributed by atoms with Crippen LogP contribution in [0, 0.1) is 17.1 Å². The summed E-state index contributed by atoms with van der Waals surface area (Å²) < 4.78 is 14.3. The smallest absolute Gasteiger partial charge is 0.234 e. The minimum Gasteiger partial charge on any atom is -0.384 e. The van der Waals surface area contributed by atoms with Crippen LogP contribution in [0.4, 0.5) is 15.2 Å². The van der Waals surface area contributed by atoms with Gasteiger partial charge in [0, 0.05) is 33.3 Å². The van der Waals surface area contributed by atoms with Crippen LogP contribution in [-0.4, -0.2) is 27.6 Å². The van der Waals surface area contributed by atoms with Gasteiger partial charge in [-0.25, -0.2) is 4.39 Å². The van der Waals surface area contributed by atoms with Gasteiger partial charge in [-0.3, -0.25) is 14.5 Å². The number of carbonyl (C=O) groups excluding carboxylic acids is 2. The van der Waals surface area contributed by atoms with Gasteiger partial charge < -0.3 is 11.1 Å². The molecule has 2 aromatic carbocycles. The van der Waals surface area contributed by atoms with E-state index < -0.39 is 17.6 Å². The van der Waals surface area contributed by atoms with Crippen LogP contribution in [0.2, 0.25) is 10.0 Å². The van der Waals surface area contributed by atoms with E-state index in [1.807, 2.05) is 0 Å². The predicted molar refractivity (Wildman–Crippen MR) is 150 cm³/mol. The number of hydrogen-bond acceptors (Lipinski definition) is 9. The molecule has 5 rings (SSSR count). The van der Waals surface area contributed by atoms with Crippen molar-refractivity contribution in [1.29, 1.82) is 5.26 Å². The number of thioether (sulfide) groups is 1. The third kappa shape index (κ3) is 5.25. The molecule has 1 unspecified atom stereocenters. The maximum Gasteiger partial charge on any atom is 0.234 e. The average molecular weight is 602 g/mol. The summed E-state index contributed by atoms with van der Waals surface area (Å²) in [7, 11) is 0. The van der Waals surface area contributed by atoms with E-state index in [2.05, 4.69) is 21.6 Å². The number of allylic oxidation sites excluding steroid dienone is 3. The van der Waals surface area contributed by atoms with Gasteiger partial charge >= 0.3 is 0 Å². The molecule has 0 radical (unpaired) electrons. The summed E-state index contributed by atoms with van der Waals surface area (Å²) in [6, 6.07) is 13.1. The lowest BCUT2D eigenvalue weighted by Crippen LogP contribution is -2.38. The van der Waals surface area contributed by atoms with Crippen molar-refractivity contribution < 1.29 is 14.0 Å². The van der Waals surface area contributed by atoms with E-state index in [1.165, 1.54) is 18.2 Å². The van der Waals surface area contributed by atoms with Gasteiger partial charge in [-0.2, -0.15) is 5.26 Å². The third-order valence-electron chi connectivity index (χ3n) is 6.26. The molecule has 1 aromatic heterocycles. The zero-order valence-electron chi connectivity index (χ0n) is 20.1. The largest absolute Gasteiger partial charge is 0.384 e. The lowest BCUT2D eigenvalue weighted by molar-refractivity contribution is -0.116. The Morgan fingerprint density at radius 1 is 1.21 bits per heavy atom. The van der Waals surface area contributed by atoms with Gasteiger partial charge in [-0.05, 0) is 37.1 Å². The van der Waals surface area contributed by atoms with Gasteiger partial charge in [-0.15, -0.1) is 10.2 Å². The van der Waals surface area contributed by atoms with E-state index in [1.54, 1.807) is 29.2 Å². The Morgan fingerprint density at radius 3 is 2.67 bits per heavy atom. The zero-order chi connectivity index (χ0) is 27.7. The number of amides is 1.